The number of rotatable bonds is 4. The molecule has 1 atom stereocenters. The molecule has 2 heteroatoms. The van der Waals surface area contributed by atoms with Gasteiger partial charge >= 0.3 is 162 Å². The Morgan fingerprint density at radius 2 is 1.19 bits per heavy atom. The van der Waals surface area contributed by atoms with Gasteiger partial charge in [0.2, 0.25) is 0 Å². The van der Waals surface area contributed by atoms with Crippen LogP contribution in [0, 0.1) is 13.8 Å². The summed E-state index contributed by atoms with van der Waals surface area (Å²) in [7, 11) is 0. The summed E-state index contributed by atoms with van der Waals surface area (Å²) in [5.41, 5.74) is 4.66. The molecule has 26 heavy (non-hydrogen) atoms. The summed E-state index contributed by atoms with van der Waals surface area (Å²) in [5.74, 6) is 0. The van der Waals surface area contributed by atoms with Crippen LogP contribution < -0.4 is 4.46 Å². The molecule has 132 valence electrons. The summed E-state index contributed by atoms with van der Waals surface area (Å²) in [5, 5.41) is 11.8. The first kappa shape index (κ1) is 17.5. The van der Waals surface area contributed by atoms with E-state index in [1.807, 2.05) is 6.07 Å². The van der Waals surface area contributed by atoms with Gasteiger partial charge in [-0.25, -0.2) is 0 Å². The molecule has 0 radical (unpaired) electrons. The Balaban J connectivity index is 1.83. The van der Waals surface area contributed by atoms with Crippen LogP contribution >= 0.6 is 0 Å². The van der Waals surface area contributed by atoms with Crippen molar-refractivity contribution in [3.63, 3.8) is 0 Å². The fraction of sp³-hybridized carbons (Fsp3) is 0.250. The van der Waals surface area contributed by atoms with Gasteiger partial charge in [-0.15, -0.1) is 0 Å². The summed E-state index contributed by atoms with van der Waals surface area (Å²) in [6, 6.07) is 28.0. The van der Waals surface area contributed by atoms with E-state index in [9.17, 15) is 5.11 Å². The van der Waals surface area contributed by atoms with E-state index in [0.717, 1.165) is 12.8 Å². The zero-order chi connectivity index (χ0) is 18.2. The average molecular weight is 407 g/mol. The Kier molecular flexibility index (Phi) is 4.52. The molecule has 0 saturated heterocycles. The van der Waals surface area contributed by atoms with Crippen molar-refractivity contribution < 1.29 is 5.11 Å². The van der Waals surface area contributed by atoms with Crippen LogP contribution in [0.1, 0.15) is 35.1 Å². The molecule has 3 aromatic rings. The van der Waals surface area contributed by atoms with Crippen molar-refractivity contribution >= 4 is 19.4 Å². The first-order valence-corrected chi connectivity index (χ1v) is 10.9. The average Bonchev–Trinajstić information content (AvgIpc) is 2.65. The molecule has 1 nitrogen and oxygen atoms in total. The summed E-state index contributed by atoms with van der Waals surface area (Å²) in [6.07, 6.45) is 1.84. The molecular formula is C24H24OSe. The monoisotopic (exact) mass is 408 g/mol. The molecule has 0 bridgehead atoms. The van der Waals surface area contributed by atoms with Crippen LogP contribution in [-0.4, -0.2) is 24.6 Å². The van der Waals surface area contributed by atoms with Gasteiger partial charge in [-0.3, -0.25) is 0 Å². The van der Waals surface area contributed by atoms with Crippen LogP contribution in [0.25, 0.3) is 0 Å². The molecule has 0 spiro atoms. The van der Waals surface area contributed by atoms with Crippen molar-refractivity contribution in [3.05, 3.63) is 101 Å². The fourth-order valence-electron chi connectivity index (χ4n) is 3.99. The van der Waals surface area contributed by atoms with Crippen molar-refractivity contribution in [3.8, 4) is 0 Å². The predicted octanol–water partition coefficient (Wildman–Crippen LogP) is 4.10. The zero-order valence-electron chi connectivity index (χ0n) is 15.3. The molecule has 1 aliphatic rings. The summed E-state index contributed by atoms with van der Waals surface area (Å²) in [4.78, 5) is 0. The van der Waals surface area contributed by atoms with Gasteiger partial charge in [0.15, 0.2) is 0 Å². The van der Waals surface area contributed by atoms with Crippen molar-refractivity contribution in [2.75, 3.05) is 0 Å². The summed E-state index contributed by atoms with van der Waals surface area (Å²) in [6.45, 7) is 4.23. The van der Waals surface area contributed by atoms with Gasteiger partial charge in [-0.05, 0) is 0 Å². The SMILES string of the molecule is Cc1ccc(C2(c3ccc(C)cc3)CCC2(O)[Se]c2ccccc2)cc1. The molecule has 0 amide bonds. The number of aliphatic hydroxyl groups is 1. The zero-order valence-corrected chi connectivity index (χ0v) is 17.0. The fourth-order valence-corrected chi connectivity index (χ4v) is 6.93. The third-order valence-corrected chi connectivity index (χ3v) is 8.56. The van der Waals surface area contributed by atoms with Crippen LogP contribution in [0.4, 0.5) is 0 Å². The van der Waals surface area contributed by atoms with E-state index < -0.39 is 4.50 Å². The van der Waals surface area contributed by atoms with E-state index in [2.05, 4.69) is 86.6 Å². The Bertz CT molecular complexity index is 838. The second kappa shape index (κ2) is 6.70. The molecule has 0 aliphatic heterocycles. The first-order chi connectivity index (χ1) is 12.5. The van der Waals surface area contributed by atoms with Crippen LogP contribution in [0.2, 0.25) is 0 Å². The van der Waals surface area contributed by atoms with Gasteiger partial charge in [0.05, 0.1) is 0 Å². The molecule has 1 aliphatic carbocycles. The number of aryl methyl sites for hydroxylation is 2. The molecule has 3 aromatic carbocycles. The number of hydrogen-bond acceptors (Lipinski definition) is 1. The number of hydrogen-bond donors (Lipinski definition) is 1. The third-order valence-electron chi connectivity index (χ3n) is 5.62. The van der Waals surface area contributed by atoms with Crippen molar-refractivity contribution in [2.45, 2.75) is 36.6 Å². The van der Waals surface area contributed by atoms with Gasteiger partial charge in [0, 0.05) is 0 Å². The Hall–Kier alpha value is -1.86. The van der Waals surface area contributed by atoms with Gasteiger partial charge < -0.3 is 0 Å². The third kappa shape index (κ3) is 2.83. The van der Waals surface area contributed by atoms with Crippen molar-refractivity contribution in [2.24, 2.45) is 0 Å². The topological polar surface area (TPSA) is 20.2 Å². The van der Waals surface area contributed by atoms with E-state index in [-0.39, 0.29) is 20.4 Å². The first-order valence-electron chi connectivity index (χ1n) is 9.14. The van der Waals surface area contributed by atoms with Crippen molar-refractivity contribution in [1.29, 1.82) is 0 Å². The molecule has 0 aromatic heterocycles. The van der Waals surface area contributed by atoms with Gasteiger partial charge in [0.1, 0.15) is 0 Å². The van der Waals surface area contributed by atoms with Crippen LogP contribution in [-0.2, 0) is 5.41 Å². The Morgan fingerprint density at radius 1 is 0.692 bits per heavy atom. The standard InChI is InChI=1S/C24H24OSe/c1-18-8-12-20(13-9-18)23(21-14-10-19(2)11-15-21)16-17-24(23,25)26-22-6-4-3-5-7-22/h3-15,25H,16-17H2,1-2H3. The summed E-state index contributed by atoms with van der Waals surface area (Å²) >= 11 is -0.0116. The normalized spacial score (nSPS) is 21.2. The van der Waals surface area contributed by atoms with Crippen LogP contribution in [0.3, 0.4) is 0 Å². The molecule has 0 heterocycles. The second-order valence-corrected chi connectivity index (χ2v) is 10.2. The van der Waals surface area contributed by atoms with Crippen LogP contribution in [0.5, 0.6) is 0 Å². The molecule has 1 saturated carbocycles. The van der Waals surface area contributed by atoms with Crippen molar-refractivity contribution in [1.82, 2.24) is 0 Å². The molecular weight excluding hydrogens is 383 g/mol. The maximum absolute atomic E-state index is 11.8. The minimum absolute atomic E-state index is 0.0116. The van der Waals surface area contributed by atoms with E-state index in [1.165, 1.54) is 26.7 Å². The van der Waals surface area contributed by atoms with E-state index in [4.69, 9.17) is 0 Å². The molecule has 1 fully saturated rings. The quantitative estimate of drug-likeness (QED) is 0.646. The Morgan fingerprint density at radius 3 is 1.62 bits per heavy atom. The minimum atomic E-state index is -0.703. The molecule has 1 unspecified atom stereocenters. The maximum atomic E-state index is 11.8. The van der Waals surface area contributed by atoms with Gasteiger partial charge in [-0.1, -0.05) is 0 Å². The van der Waals surface area contributed by atoms with Gasteiger partial charge in [-0.2, -0.15) is 0 Å². The molecule has 1 N–H and O–H groups in total. The van der Waals surface area contributed by atoms with E-state index >= 15 is 0 Å². The molecule has 4 rings (SSSR count). The predicted molar refractivity (Wildman–Crippen MR) is 109 cm³/mol. The van der Waals surface area contributed by atoms with E-state index in [1.54, 1.807) is 0 Å². The van der Waals surface area contributed by atoms with E-state index in [0.29, 0.717) is 0 Å². The summed E-state index contributed by atoms with van der Waals surface area (Å²) < 4.78 is 0.553. The second-order valence-electron chi connectivity index (χ2n) is 7.34. The van der Waals surface area contributed by atoms with Crippen LogP contribution in [0.15, 0.2) is 78.9 Å². The van der Waals surface area contributed by atoms with Gasteiger partial charge in [0.25, 0.3) is 0 Å². The number of benzene rings is 3. The Labute approximate surface area is 162 Å².